The molecule has 0 radical (unpaired) electrons. The number of nitrogens with zero attached hydrogens (tertiary/aromatic N) is 3. The molecule has 4 rings (SSSR count). The average Bonchev–Trinajstić information content (AvgIpc) is 3.26. The van der Waals surface area contributed by atoms with Crippen molar-refractivity contribution in [2.24, 2.45) is 5.92 Å². The molecular weight excluding hydrogens is 430 g/mol. The Labute approximate surface area is 202 Å². The van der Waals surface area contributed by atoms with Gasteiger partial charge in [0.2, 0.25) is 11.8 Å². The van der Waals surface area contributed by atoms with Gasteiger partial charge >= 0.3 is 0 Å². The Bertz CT molecular complexity index is 985. The lowest BCUT2D eigenvalue weighted by atomic mass is 9.90. The summed E-state index contributed by atoms with van der Waals surface area (Å²) in [6.07, 6.45) is 2.16. The van der Waals surface area contributed by atoms with Gasteiger partial charge in [-0.3, -0.25) is 14.5 Å². The summed E-state index contributed by atoms with van der Waals surface area (Å²) in [5.74, 6) is 0.779. The Hall–Kier alpha value is -2.18. The molecule has 2 aliphatic heterocycles. The van der Waals surface area contributed by atoms with E-state index in [4.69, 9.17) is 0 Å². The molecule has 3 heterocycles. The molecule has 0 spiro atoms. The van der Waals surface area contributed by atoms with E-state index < -0.39 is 0 Å². The summed E-state index contributed by atoms with van der Waals surface area (Å²) in [6.45, 7) is 12.1. The van der Waals surface area contributed by atoms with E-state index in [0.29, 0.717) is 38.4 Å². The predicted octanol–water partition coefficient (Wildman–Crippen LogP) is 4.50. The maximum absolute atomic E-state index is 13.1. The average molecular weight is 468 g/mol. The standard InChI is InChI=1S/C27H37N3O2S/c1-19(2)17-26(32)30-15-14-29(18-21(30)4)25(31)10-13-28-12-9-24-23(11-16-33-24)27(28)22-8-6-5-7-20(22)3/h5-8,11,16,19,21,27H,9-10,12-15,17-18H2,1-4H3/t21-,27-/m0/s1. The number of carbonyl (C=O) groups is 2. The Morgan fingerprint density at radius 2 is 1.85 bits per heavy atom. The summed E-state index contributed by atoms with van der Waals surface area (Å²) < 4.78 is 0. The molecule has 0 saturated carbocycles. The van der Waals surface area contributed by atoms with Gasteiger partial charge < -0.3 is 9.80 Å². The first-order chi connectivity index (χ1) is 15.8. The monoisotopic (exact) mass is 467 g/mol. The van der Waals surface area contributed by atoms with Crippen molar-refractivity contribution in [1.29, 1.82) is 0 Å². The largest absolute Gasteiger partial charge is 0.339 e. The van der Waals surface area contributed by atoms with Crippen molar-refractivity contribution in [3.05, 3.63) is 57.3 Å². The first-order valence-corrected chi connectivity index (χ1v) is 13.2. The number of aryl methyl sites for hydroxylation is 1. The smallest absolute Gasteiger partial charge is 0.223 e. The number of thiophene rings is 1. The van der Waals surface area contributed by atoms with Crippen LogP contribution in [0.2, 0.25) is 0 Å². The van der Waals surface area contributed by atoms with Crippen molar-refractivity contribution in [3.63, 3.8) is 0 Å². The number of piperazine rings is 1. The van der Waals surface area contributed by atoms with Gasteiger partial charge in [0.1, 0.15) is 0 Å². The Morgan fingerprint density at radius 3 is 2.58 bits per heavy atom. The van der Waals surface area contributed by atoms with E-state index in [0.717, 1.165) is 19.5 Å². The number of carbonyl (C=O) groups excluding carboxylic acids is 2. The number of hydrogen-bond donors (Lipinski definition) is 0. The van der Waals surface area contributed by atoms with Crippen LogP contribution in [0.1, 0.15) is 61.2 Å². The van der Waals surface area contributed by atoms with Crippen LogP contribution in [0.15, 0.2) is 35.7 Å². The maximum atomic E-state index is 13.1. The molecule has 0 N–H and O–H groups in total. The molecule has 0 aliphatic carbocycles. The summed E-state index contributed by atoms with van der Waals surface area (Å²) in [5.41, 5.74) is 4.04. The van der Waals surface area contributed by atoms with E-state index in [1.807, 2.05) is 21.1 Å². The van der Waals surface area contributed by atoms with Crippen LogP contribution < -0.4 is 0 Å². The van der Waals surface area contributed by atoms with Crippen LogP contribution in [0, 0.1) is 12.8 Å². The summed E-state index contributed by atoms with van der Waals surface area (Å²) in [6, 6.07) is 11.2. The molecule has 0 bridgehead atoms. The fourth-order valence-corrected chi connectivity index (χ4v) is 6.19. The summed E-state index contributed by atoms with van der Waals surface area (Å²) in [5, 5.41) is 2.20. The van der Waals surface area contributed by atoms with Crippen molar-refractivity contribution in [1.82, 2.24) is 14.7 Å². The highest BCUT2D eigenvalue weighted by Crippen LogP contribution is 2.38. The molecule has 1 aromatic heterocycles. The van der Waals surface area contributed by atoms with Crippen LogP contribution in [-0.4, -0.2) is 65.3 Å². The quantitative estimate of drug-likeness (QED) is 0.628. The minimum absolute atomic E-state index is 0.0806. The van der Waals surface area contributed by atoms with E-state index >= 15 is 0 Å². The van der Waals surface area contributed by atoms with E-state index in [9.17, 15) is 9.59 Å². The molecule has 2 aromatic rings. The summed E-state index contributed by atoms with van der Waals surface area (Å²) in [7, 11) is 0. The van der Waals surface area contributed by atoms with Gasteiger partial charge in [0, 0.05) is 56.5 Å². The third-order valence-electron chi connectivity index (χ3n) is 7.05. The lowest BCUT2D eigenvalue weighted by molar-refractivity contribution is -0.143. The fourth-order valence-electron chi connectivity index (χ4n) is 5.29. The van der Waals surface area contributed by atoms with Crippen LogP contribution >= 0.6 is 11.3 Å². The highest BCUT2D eigenvalue weighted by Gasteiger charge is 2.33. The van der Waals surface area contributed by atoms with Gasteiger partial charge in [0.15, 0.2) is 0 Å². The number of rotatable bonds is 6. The predicted molar refractivity (Wildman–Crippen MR) is 134 cm³/mol. The molecule has 1 fully saturated rings. The molecule has 5 nitrogen and oxygen atoms in total. The van der Waals surface area contributed by atoms with Crippen molar-refractivity contribution in [3.8, 4) is 0 Å². The van der Waals surface area contributed by atoms with Gasteiger partial charge in [-0.2, -0.15) is 0 Å². The van der Waals surface area contributed by atoms with E-state index in [1.165, 1.54) is 21.6 Å². The van der Waals surface area contributed by atoms with Crippen LogP contribution in [0.5, 0.6) is 0 Å². The molecule has 33 heavy (non-hydrogen) atoms. The molecule has 2 amide bonds. The van der Waals surface area contributed by atoms with E-state index in [2.05, 4.69) is 68.3 Å². The lowest BCUT2D eigenvalue weighted by Gasteiger charge is -2.41. The second-order valence-corrected chi connectivity index (χ2v) is 11.0. The number of hydrogen-bond acceptors (Lipinski definition) is 4. The molecule has 178 valence electrons. The van der Waals surface area contributed by atoms with Gasteiger partial charge in [-0.05, 0) is 54.3 Å². The molecule has 2 atom stereocenters. The highest BCUT2D eigenvalue weighted by atomic mass is 32.1. The number of fused-ring (bicyclic) bond motifs is 1. The van der Waals surface area contributed by atoms with Crippen molar-refractivity contribution < 1.29 is 9.59 Å². The second-order valence-electron chi connectivity index (χ2n) is 9.97. The Balaban J connectivity index is 1.40. The molecule has 6 heteroatoms. The minimum atomic E-state index is 0.0806. The maximum Gasteiger partial charge on any atom is 0.223 e. The third-order valence-corrected chi connectivity index (χ3v) is 8.04. The first kappa shape index (κ1) is 24.0. The normalized spacial score (nSPS) is 21.4. The topological polar surface area (TPSA) is 43.9 Å². The van der Waals surface area contributed by atoms with E-state index in [1.54, 1.807) is 0 Å². The molecule has 1 saturated heterocycles. The minimum Gasteiger partial charge on any atom is -0.339 e. The van der Waals surface area contributed by atoms with Crippen LogP contribution in [-0.2, 0) is 16.0 Å². The van der Waals surface area contributed by atoms with Crippen molar-refractivity contribution in [2.75, 3.05) is 32.7 Å². The van der Waals surface area contributed by atoms with Gasteiger partial charge in [0.25, 0.3) is 0 Å². The van der Waals surface area contributed by atoms with E-state index in [-0.39, 0.29) is 23.9 Å². The first-order valence-electron chi connectivity index (χ1n) is 12.3. The Morgan fingerprint density at radius 1 is 1.06 bits per heavy atom. The highest BCUT2D eigenvalue weighted by molar-refractivity contribution is 7.10. The molecular formula is C27H37N3O2S. The van der Waals surface area contributed by atoms with Crippen LogP contribution in [0.4, 0.5) is 0 Å². The number of amides is 2. The van der Waals surface area contributed by atoms with Gasteiger partial charge in [-0.1, -0.05) is 38.1 Å². The summed E-state index contributed by atoms with van der Waals surface area (Å²) in [4.78, 5) is 33.6. The van der Waals surface area contributed by atoms with Gasteiger partial charge in [0.05, 0.1) is 6.04 Å². The van der Waals surface area contributed by atoms with Crippen LogP contribution in [0.25, 0.3) is 0 Å². The second kappa shape index (κ2) is 10.4. The molecule has 0 unspecified atom stereocenters. The molecule has 1 aromatic carbocycles. The zero-order valence-electron chi connectivity index (χ0n) is 20.4. The zero-order valence-corrected chi connectivity index (χ0v) is 21.2. The fraction of sp³-hybridized carbons (Fsp3) is 0.556. The zero-order chi connectivity index (χ0) is 23.5. The lowest BCUT2D eigenvalue weighted by Crippen LogP contribution is -2.55. The Kier molecular flexibility index (Phi) is 7.55. The summed E-state index contributed by atoms with van der Waals surface area (Å²) >= 11 is 1.85. The van der Waals surface area contributed by atoms with Crippen molar-refractivity contribution in [2.45, 2.75) is 59.0 Å². The van der Waals surface area contributed by atoms with Crippen molar-refractivity contribution >= 4 is 23.2 Å². The molecule has 2 aliphatic rings. The third kappa shape index (κ3) is 5.33. The van der Waals surface area contributed by atoms with Gasteiger partial charge in [-0.25, -0.2) is 0 Å². The van der Waals surface area contributed by atoms with Gasteiger partial charge in [-0.15, -0.1) is 11.3 Å². The van der Waals surface area contributed by atoms with Crippen LogP contribution in [0.3, 0.4) is 0 Å². The SMILES string of the molecule is Cc1ccccc1[C@H]1c2ccsc2CCN1CCC(=O)N1CCN(C(=O)CC(C)C)[C@@H](C)C1. The number of benzene rings is 1.